The summed E-state index contributed by atoms with van der Waals surface area (Å²) in [7, 11) is 4.98. The fourth-order valence-electron chi connectivity index (χ4n) is 2.47. The lowest BCUT2D eigenvalue weighted by Crippen LogP contribution is -2.22. The molecule has 0 saturated carbocycles. The second-order valence-corrected chi connectivity index (χ2v) is 6.30. The predicted octanol–water partition coefficient (Wildman–Crippen LogP) is 3.95. The molecular formula is C17H18F3O2P. The largest absolute Gasteiger partial charge is 0.493 e. The topological polar surface area (TPSA) is 18.5 Å². The first-order valence-electron chi connectivity index (χ1n) is 6.89. The van der Waals surface area contributed by atoms with E-state index in [1.165, 1.54) is 32.4 Å². The molecule has 2 nitrogen and oxygen atoms in total. The maximum Gasteiger partial charge on any atom is 0.190 e. The van der Waals surface area contributed by atoms with Gasteiger partial charge in [-0.3, -0.25) is 0 Å². The molecule has 0 aliphatic carbocycles. The van der Waals surface area contributed by atoms with Gasteiger partial charge in [-0.25, -0.2) is 13.2 Å². The Bertz CT molecular complexity index is 637. The minimum absolute atomic E-state index is 0.127. The zero-order valence-electron chi connectivity index (χ0n) is 13.3. The van der Waals surface area contributed by atoms with Crippen LogP contribution in [0.2, 0.25) is 0 Å². The van der Waals surface area contributed by atoms with Crippen LogP contribution in [0.5, 0.6) is 11.5 Å². The minimum Gasteiger partial charge on any atom is -0.493 e. The standard InChI is InChI=1S/C17H18F3O2P/c1-17(2,9-5-11(18)15(21-3)12(19)6-9)10-7-13(20)16(22-4)14(23)8-10/h5-8H,23H2,1-4H3. The Hall–Kier alpha value is -1.74. The van der Waals surface area contributed by atoms with Crippen molar-refractivity contribution in [3.63, 3.8) is 0 Å². The normalized spacial score (nSPS) is 11.5. The zero-order chi connectivity index (χ0) is 17.4. The molecule has 1 unspecified atom stereocenters. The number of hydrogen-bond acceptors (Lipinski definition) is 2. The molecular weight excluding hydrogens is 324 g/mol. The van der Waals surface area contributed by atoms with E-state index >= 15 is 0 Å². The van der Waals surface area contributed by atoms with Gasteiger partial charge in [0, 0.05) is 10.7 Å². The molecule has 0 aliphatic rings. The first-order chi connectivity index (χ1) is 10.7. The van der Waals surface area contributed by atoms with E-state index in [-0.39, 0.29) is 5.75 Å². The summed E-state index contributed by atoms with van der Waals surface area (Å²) in [6.07, 6.45) is 0. The summed E-state index contributed by atoms with van der Waals surface area (Å²) in [6, 6.07) is 5.43. The lowest BCUT2D eigenvalue weighted by Gasteiger charge is -2.27. The fourth-order valence-corrected chi connectivity index (χ4v) is 2.91. The highest BCUT2D eigenvalue weighted by Gasteiger charge is 2.28. The van der Waals surface area contributed by atoms with Crippen molar-refractivity contribution < 1.29 is 22.6 Å². The summed E-state index contributed by atoms with van der Waals surface area (Å²) in [4.78, 5) is 0. The van der Waals surface area contributed by atoms with Crippen molar-refractivity contribution in [2.45, 2.75) is 19.3 Å². The van der Waals surface area contributed by atoms with Gasteiger partial charge in [-0.15, -0.1) is 9.24 Å². The van der Waals surface area contributed by atoms with Gasteiger partial charge >= 0.3 is 0 Å². The summed E-state index contributed by atoms with van der Waals surface area (Å²) < 4.78 is 51.7. The highest BCUT2D eigenvalue weighted by atomic mass is 31.0. The maximum absolute atomic E-state index is 14.1. The monoisotopic (exact) mass is 342 g/mol. The van der Waals surface area contributed by atoms with E-state index in [0.29, 0.717) is 16.4 Å². The summed E-state index contributed by atoms with van der Waals surface area (Å²) >= 11 is 0. The van der Waals surface area contributed by atoms with E-state index in [1.54, 1.807) is 19.9 Å². The lowest BCUT2D eigenvalue weighted by molar-refractivity contribution is 0.358. The van der Waals surface area contributed by atoms with E-state index in [2.05, 4.69) is 14.0 Å². The van der Waals surface area contributed by atoms with E-state index in [1.807, 2.05) is 0 Å². The van der Waals surface area contributed by atoms with Crippen molar-refractivity contribution in [2.75, 3.05) is 14.2 Å². The number of hydrogen-bond donors (Lipinski definition) is 0. The van der Waals surface area contributed by atoms with Crippen LogP contribution in [0.15, 0.2) is 24.3 Å². The van der Waals surface area contributed by atoms with E-state index < -0.39 is 28.6 Å². The Kier molecular flexibility index (Phi) is 4.90. The number of halogens is 3. The second kappa shape index (κ2) is 6.40. The van der Waals surface area contributed by atoms with Crippen molar-refractivity contribution in [3.8, 4) is 11.5 Å². The van der Waals surface area contributed by atoms with E-state index in [0.717, 1.165) is 0 Å². The minimum atomic E-state index is -0.813. The van der Waals surface area contributed by atoms with Crippen LogP contribution in [0, 0.1) is 17.5 Å². The Labute approximate surface area is 135 Å². The summed E-state index contributed by atoms with van der Waals surface area (Å²) in [5.41, 5.74) is 0.138. The fraction of sp³-hybridized carbons (Fsp3) is 0.294. The third-order valence-electron chi connectivity index (χ3n) is 3.92. The molecule has 0 aromatic heterocycles. The molecule has 0 N–H and O–H groups in total. The van der Waals surface area contributed by atoms with Gasteiger partial charge < -0.3 is 9.47 Å². The third-order valence-corrected chi connectivity index (χ3v) is 4.35. The molecule has 124 valence electrons. The summed E-state index contributed by atoms with van der Waals surface area (Å²) in [5, 5.41) is 0.532. The average molecular weight is 342 g/mol. The van der Waals surface area contributed by atoms with Crippen LogP contribution < -0.4 is 14.8 Å². The van der Waals surface area contributed by atoms with Gasteiger partial charge in [-0.2, -0.15) is 0 Å². The van der Waals surface area contributed by atoms with Crippen molar-refractivity contribution >= 4 is 14.5 Å². The first kappa shape index (κ1) is 17.6. The molecule has 0 bridgehead atoms. The zero-order valence-corrected chi connectivity index (χ0v) is 14.5. The molecule has 0 saturated heterocycles. The van der Waals surface area contributed by atoms with Crippen LogP contribution in [0.1, 0.15) is 25.0 Å². The maximum atomic E-state index is 14.1. The predicted molar refractivity (Wildman–Crippen MR) is 87.3 cm³/mol. The quantitative estimate of drug-likeness (QED) is 0.784. The van der Waals surface area contributed by atoms with Gasteiger partial charge in [0.2, 0.25) is 0 Å². The van der Waals surface area contributed by atoms with Crippen LogP contribution in [0.4, 0.5) is 13.2 Å². The molecule has 0 heterocycles. The van der Waals surface area contributed by atoms with Crippen LogP contribution in [-0.4, -0.2) is 14.2 Å². The molecule has 6 heteroatoms. The van der Waals surface area contributed by atoms with Gasteiger partial charge in [0.1, 0.15) is 0 Å². The summed E-state index contributed by atoms with van der Waals surface area (Å²) in [5.74, 6) is -2.43. The molecule has 0 aliphatic heterocycles. The average Bonchev–Trinajstić information content (AvgIpc) is 2.46. The van der Waals surface area contributed by atoms with E-state index in [9.17, 15) is 13.2 Å². The highest BCUT2D eigenvalue weighted by Crippen LogP contribution is 2.36. The van der Waals surface area contributed by atoms with E-state index in [4.69, 9.17) is 4.74 Å². The third kappa shape index (κ3) is 3.16. The number of benzene rings is 2. The molecule has 23 heavy (non-hydrogen) atoms. The molecule has 0 amide bonds. The summed E-state index contributed by atoms with van der Waals surface area (Å²) in [6.45, 7) is 3.53. The number of ether oxygens (including phenoxy) is 2. The van der Waals surface area contributed by atoms with Crippen LogP contribution in [-0.2, 0) is 5.41 Å². The molecule has 2 aromatic rings. The second-order valence-electron chi connectivity index (χ2n) is 5.68. The Morgan fingerprint density at radius 2 is 1.17 bits per heavy atom. The van der Waals surface area contributed by atoms with Crippen molar-refractivity contribution in [1.29, 1.82) is 0 Å². The first-order valence-corrected chi connectivity index (χ1v) is 7.47. The lowest BCUT2D eigenvalue weighted by atomic mass is 9.78. The number of rotatable bonds is 4. The molecule has 2 aromatic carbocycles. The SMILES string of the molecule is COc1c(F)cc(C(C)(C)c2cc(F)c(OC)c(P)c2)cc1F. The smallest absolute Gasteiger partial charge is 0.190 e. The van der Waals surface area contributed by atoms with Gasteiger partial charge in [0.15, 0.2) is 29.0 Å². The molecule has 0 fully saturated rings. The van der Waals surface area contributed by atoms with Gasteiger partial charge in [0.25, 0.3) is 0 Å². The van der Waals surface area contributed by atoms with Crippen molar-refractivity contribution in [2.24, 2.45) is 0 Å². The van der Waals surface area contributed by atoms with Gasteiger partial charge in [0.05, 0.1) is 14.2 Å². The Balaban J connectivity index is 2.59. The highest BCUT2D eigenvalue weighted by molar-refractivity contribution is 7.27. The Morgan fingerprint density at radius 3 is 1.57 bits per heavy atom. The Morgan fingerprint density at radius 1 is 0.783 bits per heavy atom. The van der Waals surface area contributed by atoms with Gasteiger partial charge in [-0.1, -0.05) is 13.8 Å². The van der Waals surface area contributed by atoms with Crippen molar-refractivity contribution in [3.05, 3.63) is 52.8 Å². The van der Waals surface area contributed by atoms with Crippen LogP contribution in [0.3, 0.4) is 0 Å². The number of methoxy groups -OCH3 is 2. The molecule has 0 spiro atoms. The van der Waals surface area contributed by atoms with Crippen molar-refractivity contribution in [1.82, 2.24) is 0 Å². The van der Waals surface area contributed by atoms with Crippen LogP contribution in [0.25, 0.3) is 0 Å². The van der Waals surface area contributed by atoms with Gasteiger partial charge in [-0.05, 0) is 35.4 Å². The molecule has 1 atom stereocenters. The molecule has 0 radical (unpaired) electrons. The molecule has 2 rings (SSSR count). The van der Waals surface area contributed by atoms with Crippen LogP contribution >= 0.6 is 9.24 Å².